The third-order valence-electron chi connectivity index (χ3n) is 8.10. The number of rotatable bonds is 4. The van der Waals surface area contributed by atoms with Crippen LogP contribution < -0.4 is 4.57 Å². The molecule has 0 radical (unpaired) electrons. The normalized spacial score (nSPS) is 23.3. The number of hydrogen-bond acceptors (Lipinski definition) is 0. The van der Waals surface area contributed by atoms with Gasteiger partial charge in [-0.2, -0.15) is 4.57 Å². The minimum atomic E-state index is 0.370. The van der Waals surface area contributed by atoms with Crippen LogP contribution in [0.15, 0.2) is 122 Å². The highest BCUT2D eigenvalue weighted by Crippen LogP contribution is 2.42. The van der Waals surface area contributed by atoms with Crippen LogP contribution in [-0.2, 0) is 6.54 Å². The lowest BCUT2D eigenvalue weighted by atomic mass is 9.80. The second-order valence-electron chi connectivity index (χ2n) is 10.3. The molecule has 0 fully saturated rings. The van der Waals surface area contributed by atoms with Crippen LogP contribution in [-0.4, -0.2) is 4.57 Å². The maximum absolute atomic E-state index is 2.52. The number of hydrogen-bond donors (Lipinski definition) is 0. The lowest BCUT2D eigenvalue weighted by Gasteiger charge is -2.26. The molecule has 0 saturated heterocycles. The number of aromatic nitrogens is 2. The average molecular weight is 468 g/mol. The van der Waals surface area contributed by atoms with Crippen molar-refractivity contribution < 1.29 is 4.57 Å². The summed E-state index contributed by atoms with van der Waals surface area (Å²) in [4.78, 5) is 0. The summed E-state index contributed by atoms with van der Waals surface area (Å²) in [7, 11) is 0. The molecule has 3 aromatic rings. The van der Waals surface area contributed by atoms with Crippen molar-refractivity contribution in [2.24, 2.45) is 0 Å². The monoisotopic (exact) mass is 467 g/mol. The first kappa shape index (κ1) is 21.4. The van der Waals surface area contributed by atoms with E-state index in [0.717, 1.165) is 25.8 Å². The molecule has 3 aliphatic carbocycles. The second kappa shape index (κ2) is 8.95. The van der Waals surface area contributed by atoms with E-state index in [4.69, 9.17) is 0 Å². The van der Waals surface area contributed by atoms with Crippen molar-refractivity contribution in [3.63, 3.8) is 0 Å². The molecule has 1 aliphatic heterocycles. The van der Waals surface area contributed by atoms with Gasteiger partial charge in [-0.25, -0.2) is 4.57 Å². The molecular formula is C34H31N2+. The summed E-state index contributed by atoms with van der Waals surface area (Å²) in [6, 6.07) is 13.9. The Hall–Kier alpha value is -3.91. The Morgan fingerprint density at radius 3 is 1.92 bits per heavy atom. The summed E-state index contributed by atoms with van der Waals surface area (Å²) in [5, 5.41) is 0. The fourth-order valence-corrected chi connectivity index (χ4v) is 6.29. The van der Waals surface area contributed by atoms with Crippen molar-refractivity contribution in [1.29, 1.82) is 0 Å². The Morgan fingerprint density at radius 1 is 0.694 bits per heavy atom. The van der Waals surface area contributed by atoms with Crippen LogP contribution in [0.4, 0.5) is 0 Å². The van der Waals surface area contributed by atoms with Crippen LogP contribution in [0.5, 0.6) is 0 Å². The van der Waals surface area contributed by atoms with E-state index in [0.29, 0.717) is 17.8 Å². The van der Waals surface area contributed by atoms with E-state index in [2.05, 4.69) is 131 Å². The van der Waals surface area contributed by atoms with Gasteiger partial charge in [0.25, 0.3) is 5.82 Å². The van der Waals surface area contributed by atoms with E-state index in [9.17, 15) is 0 Å². The van der Waals surface area contributed by atoms with E-state index < -0.39 is 0 Å². The van der Waals surface area contributed by atoms with Crippen LogP contribution in [0.3, 0.4) is 0 Å². The second-order valence-corrected chi connectivity index (χ2v) is 10.3. The minimum Gasteiger partial charge on any atom is -0.225 e. The fourth-order valence-electron chi connectivity index (χ4n) is 6.29. The summed E-state index contributed by atoms with van der Waals surface area (Å²) < 4.78 is 4.91. The van der Waals surface area contributed by atoms with Crippen LogP contribution >= 0.6 is 0 Å². The summed E-state index contributed by atoms with van der Waals surface area (Å²) >= 11 is 0. The van der Waals surface area contributed by atoms with Gasteiger partial charge in [0, 0.05) is 34.4 Å². The maximum atomic E-state index is 2.52. The largest absolute Gasteiger partial charge is 0.294 e. The molecule has 176 valence electrons. The molecule has 3 unspecified atom stereocenters. The standard InChI is InChI=1S/C34H31N2/c1-4-12-25(13-5-1)29-22-31(26-14-6-2-7-15-26)33(32(23-29)27-16-8-3-9-17-27)36-21-20-35-24-28-18-10-11-19-30(28)34(35)36/h1-12,14,16,18-23,25-27H,13,15,17,24H2/q+1. The van der Waals surface area contributed by atoms with Crippen molar-refractivity contribution >= 4 is 0 Å². The quantitative estimate of drug-likeness (QED) is 0.273. The molecular weight excluding hydrogens is 436 g/mol. The Bertz CT molecular complexity index is 1450. The molecule has 7 rings (SSSR count). The molecule has 4 aliphatic rings. The van der Waals surface area contributed by atoms with E-state index >= 15 is 0 Å². The van der Waals surface area contributed by atoms with Crippen molar-refractivity contribution in [2.45, 2.75) is 43.6 Å². The zero-order valence-corrected chi connectivity index (χ0v) is 20.5. The number of nitrogens with zero attached hydrogens (tertiary/aromatic N) is 2. The van der Waals surface area contributed by atoms with Gasteiger partial charge in [0.2, 0.25) is 0 Å². The topological polar surface area (TPSA) is 8.81 Å². The van der Waals surface area contributed by atoms with Crippen molar-refractivity contribution in [2.75, 3.05) is 0 Å². The first-order valence-electron chi connectivity index (χ1n) is 13.2. The molecule has 0 N–H and O–H groups in total. The predicted molar refractivity (Wildman–Crippen MR) is 147 cm³/mol. The highest BCUT2D eigenvalue weighted by Gasteiger charge is 2.34. The van der Waals surface area contributed by atoms with Gasteiger partial charge in [-0.05, 0) is 30.9 Å². The van der Waals surface area contributed by atoms with Crippen molar-refractivity contribution in [3.8, 4) is 17.1 Å². The minimum absolute atomic E-state index is 0.370. The summed E-state index contributed by atoms with van der Waals surface area (Å²) in [5.74, 6) is 2.47. The Labute approximate surface area is 213 Å². The molecule has 36 heavy (non-hydrogen) atoms. The van der Waals surface area contributed by atoms with Gasteiger partial charge >= 0.3 is 0 Å². The first-order valence-corrected chi connectivity index (χ1v) is 13.2. The summed E-state index contributed by atoms with van der Waals surface area (Å²) in [6.45, 7) is 0.943. The molecule has 0 spiro atoms. The van der Waals surface area contributed by atoms with E-state index in [1.807, 2.05) is 0 Å². The summed E-state index contributed by atoms with van der Waals surface area (Å²) in [6.07, 6.45) is 35.0. The highest BCUT2D eigenvalue weighted by atomic mass is 15.2. The third-order valence-corrected chi connectivity index (χ3v) is 8.10. The number of allylic oxidation sites excluding steroid dienone is 12. The molecule has 2 heterocycles. The van der Waals surface area contributed by atoms with Gasteiger partial charge in [0.05, 0.1) is 5.56 Å². The zero-order chi connectivity index (χ0) is 23.9. The van der Waals surface area contributed by atoms with Crippen molar-refractivity contribution in [3.05, 3.63) is 144 Å². The van der Waals surface area contributed by atoms with E-state index in [1.54, 1.807) is 0 Å². The van der Waals surface area contributed by atoms with Crippen LogP contribution in [0.1, 0.15) is 59.3 Å². The van der Waals surface area contributed by atoms with E-state index in [1.165, 1.54) is 39.3 Å². The summed E-state index contributed by atoms with van der Waals surface area (Å²) in [5.41, 5.74) is 8.44. The molecule has 2 aromatic carbocycles. The van der Waals surface area contributed by atoms with Gasteiger partial charge in [-0.15, -0.1) is 0 Å². The number of imidazole rings is 1. The highest BCUT2D eigenvalue weighted by molar-refractivity contribution is 5.66. The number of fused-ring (bicyclic) bond motifs is 3. The lowest BCUT2D eigenvalue weighted by molar-refractivity contribution is -0.671. The van der Waals surface area contributed by atoms with Gasteiger partial charge in [-0.1, -0.05) is 103 Å². The average Bonchev–Trinajstić information content (AvgIpc) is 3.53. The smallest absolute Gasteiger partial charge is 0.225 e. The first-order chi connectivity index (χ1) is 17.9. The fraction of sp³-hybridized carbons (Fsp3) is 0.206. The molecule has 0 amide bonds. The molecule has 0 saturated carbocycles. The predicted octanol–water partition coefficient (Wildman–Crippen LogP) is 7.59. The Kier molecular flexibility index (Phi) is 5.31. The van der Waals surface area contributed by atoms with Crippen LogP contribution in [0, 0.1) is 0 Å². The molecule has 1 aromatic heterocycles. The van der Waals surface area contributed by atoms with Crippen LogP contribution in [0.2, 0.25) is 0 Å². The SMILES string of the molecule is C1=CCC(c2cc(C3C=CC=CC3)c(-n3cc[n+]4c3-c3ccccc3C4)c(C3C=CC=CC3)c2)C=C1. The number of benzene rings is 2. The van der Waals surface area contributed by atoms with Gasteiger partial charge in [0.15, 0.2) is 0 Å². The lowest BCUT2D eigenvalue weighted by Crippen LogP contribution is -2.30. The molecule has 2 heteroatoms. The van der Waals surface area contributed by atoms with Crippen molar-refractivity contribution in [1.82, 2.24) is 4.57 Å². The molecule has 3 atom stereocenters. The van der Waals surface area contributed by atoms with Crippen LogP contribution in [0.25, 0.3) is 17.1 Å². The third kappa shape index (κ3) is 3.60. The van der Waals surface area contributed by atoms with Gasteiger partial charge in [-0.3, -0.25) is 0 Å². The zero-order valence-electron chi connectivity index (χ0n) is 20.5. The Morgan fingerprint density at radius 2 is 1.31 bits per heavy atom. The van der Waals surface area contributed by atoms with Gasteiger partial charge < -0.3 is 0 Å². The Balaban J connectivity index is 1.49. The van der Waals surface area contributed by atoms with Gasteiger partial charge in [0.1, 0.15) is 24.6 Å². The van der Waals surface area contributed by atoms with E-state index in [-0.39, 0.29) is 0 Å². The molecule has 0 bridgehead atoms. The molecule has 2 nitrogen and oxygen atoms in total. The maximum Gasteiger partial charge on any atom is 0.294 e.